The van der Waals surface area contributed by atoms with Crippen LogP contribution in [0.15, 0.2) is 48.9 Å². The van der Waals surface area contributed by atoms with Crippen molar-refractivity contribution in [1.29, 1.82) is 0 Å². The number of carbonyl (C=O) groups is 1. The monoisotopic (exact) mass is 500 g/mol. The fraction of sp³-hybridized carbons (Fsp3) is 0.238. The van der Waals surface area contributed by atoms with Crippen molar-refractivity contribution in [2.75, 3.05) is 14.1 Å². The van der Waals surface area contributed by atoms with Gasteiger partial charge >= 0.3 is 0 Å². The fourth-order valence-electron chi connectivity index (χ4n) is 3.17. The molecule has 0 fully saturated rings. The first kappa shape index (κ1) is 19.6. The van der Waals surface area contributed by atoms with Gasteiger partial charge in [0.25, 0.3) is 0 Å². The van der Waals surface area contributed by atoms with Gasteiger partial charge in [-0.3, -0.25) is 9.78 Å². The molecule has 0 spiro atoms. The molecule has 0 aliphatic carbocycles. The van der Waals surface area contributed by atoms with Crippen molar-refractivity contribution in [3.63, 3.8) is 0 Å². The van der Waals surface area contributed by atoms with Gasteiger partial charge in [-0.15, -0.1) is 0 Å². The van der Waals surface area contributed by atoms with Crippen molar-refractivity contribution in [3.8, 4) is 11.4 Å². The van der Waals surface area contributed by atoms with Crippen molar-refractivity contribution >= 4 is 39.4 Å². The van der Waals surface area contributed by atoms with E-state index < -0.39 is 0 Å². The van der Waals surface area contributed by atoms with Crippen molar-refractivity contribution in [2.24, 2.45) is 0 Å². The highest BCUT2D eigenvalue weighted by atomic mass is 127. The van der Waals surface area contributed by atoms with E-state index in [9.17, 15) is 4.79 Å². The van der Waals surface area contributed by atoms with E-state index >= 15 is 0 Å². The maximum Gasteiger partial charge on any atom is 0.241 e. The second-order valence-electron chi connectivity index (χ2n) is 7.16. The van der Waals surface area contributed by atoms with Crippen LogP contribution in [0.4, 0.5) is 0 Å². The van der Waals surface area contributed by atoms with Crippen LogP contribution in [0, 0.1) is 10.5 Å². The first-order chi connectivity index (χ1) is 13.9. The van der Waals surface area contributed by atoms with Gasteiger partial charge in [0.2, 0.25) is 5.91 Å². The molecule has 1 amide bonds. The van der Waals surface area contributed by atoms with Gasteiger partial charge in [-0.05, 0) is 59.8 Å². The third-order valence-electron chi connectivity index (χ3n) is 4.70. The lowest BCUT2D eigenvalue weighted by molar-refractivity contribution is -0.129. The number of nitrogens with zero attached hydrogens (tertiary/aromatic N) is 6. The van der Waals surface area contributed by atoms with Crippen LogP contribution in [0.2, 0.25) is 0 Å². The summed E-state index contributed by atoms with van der Waals surface area (Å²) in [6.45, 7) is 2.88. The van der Waals surface area contributed by atoms with Gasteiger partial charge in [0.1, 0.15) is 12.9 Å². The molecule has 4 rings (SSSR count). The highest BCUT2D eigenvalue weighted by Crippen LogP contribution is 2.27. The van der Waals surface area contributed by atoms with Gasteiger partial charge in [0.15, 0.2) is 5.82 Å². The summed E-state index contributed by atoms with van der Waals surface area (Å²) >= 11 is 2.30. The maximum absolute atomic E-state index is 12.1. The van der Waals surface area contributed by atoms with E-state index in [2.05, 4.69) is 43.7 Å². The molecule has 0 aliphatic rings. The lowest BCUT2D eigenvalue weighted by Crippen LogP contribution is -2.25. The minimum absolute atomic E-state index is 0.0625. The maximum atomic E-state index is 12.1. The van der Waals surface area contributed by atoms with E-state index in [1.54, 1.807) is 30.0 Å². The first-order valence-corrected chi connectivity index (χ1v) is 10.3. The molecule has 0 N–H and O–H groups in total. The molecular formula is C21H21IN6O. The third kappa shape index (κ3) is 4.16. The van der Waals surface area contributed by atoms with Gasteiger partial charge < -0.3 is 9.47 Å². The first-order valence-electron chi connectivity index (χ1n) is 9.21. The van der Waals surface area contributed by atoms with Crippen molar-refractivity contribution in [3.05, 3.63) is 63.9 Å². The molecule has 3 aromatic heterocycles. The summed E-state index contributed by atoms with van der Waals surface area (Å²) in [7, 11) is 3.54. The number of likely N-dealkylation sites (N-methyl/N-ethyl adjacent to an activating group) is 1. The highest BCUT2D eigenvalue weighted by Gasteiger charge is 2.13. The Hall–Kier alpha value is -2.75. The summed E-state index contributed by atoms with van der Waals surface area (Å²) in [4.78, 5) is 22.7. The Morgan fingerprint density at radius 3 is 2.79 bits per heavy atom. The second kappa shape index (κ2) is 7.94. The molecule has 29 heavy (non-hydrogen) atoms. The van der Waals surface area contributed by atoms with Gasteiger partial charge in [0, 0.05) is 46.0 Å². The van der Waals surface area contributed by atoms with Crippen LogP contribution in [-0.2, 0) is 17.9 Å². The zero-order valence-corrected chi connectivity index (χ0v) is 18.7. The highest BCUT2D eigenvalue weighted by molar-refractivity contribution is 14.1. The third-order valence-corrected chi connectivity index (χ3v) is 5.56. The normalized spacial score (nSPS) is 11.2. The minimum atomic E-state index is 0.0625. The predicted octanol–water partition coefficient (Wildman–Crippen LogP) is 3.34. The molecule has 0 bridgehead atoms. The fourth-order valence-corrected chi connectivity index (χ4v) is 3.94. The van der Waals surface area contributed by atoms with Crippen LogP contribution in [0.3, 0.4) is 0 Å². The summed E-state index contributed by atoms with van der Waals surface area (Å²) in [6, 6.07) is 12.1. The summed E-state index contributed by atoms with van der Waals surface area (Å²) in [5, 5.41) is 5.71. The summed E-state index contributed by atoms with van der Waals surface area (Å²) in [5.41, 5.74) is 3.91. The lowest BCUT2D eigenvalue weighted by Gasteiger charge is -2.11. The zero-order chi connectivity index (χ0) is 20.5. The topological polar surface area (TPSA) is 68.8 Å². The number of aromatic nitrogens is 5. The number of benzene rings is 1. The number of halogens is 1. The molecule has 0 saturated carbocycles. The Labute approximate surface area is 182 Å². The van der Waals surface area contributed by atoms with E-state index in [1.807, 2.05) is 48.0 Å². The molecule has 8 heteroatoms. The smallest absolute Gasteiger partial charge is 0.241 e. The van der Waals surface area contributed by atoms with Crippen molar-refractivity contribution in [1.82, 2.24) is 29.2 Å². The molecule has 0 aliphatic heterocycles. The van der Waals surface area contributed by atoms with E-state index in [0.717, 1.165) is 31.4 Å². The lowest BCUT2D eigenvalue weighted by atomic mass is 10.1. The summed E-state index contributed by atoms with van der Waals surface area (Å²) in [5.74, 6) is 0.736. The van der Waals surface area contributed by atoms with Crippen LogP contribution in [0.25, 0.3) is 22.3 Å². The van der Waals surface area contributed by atoms with Crippen LogP contribution in [0.1, 0.15) is 11.4 Å². The Kier molecular flexibility index (Phi) is 5.35. The Morgan fingerprint density at radius 2 is 2.03 bits per heavy atom. The van der Waals surface area contributed by atoms with Gasteiger partial charge in [-0.2, -0.15) is 5.10 Å². The number of aryl methyl sites for hydroxylation is 1. The molecule has 1 aromatic carbocycles. The minimum Gasteiger partial charge on any atom is -0.347 e. The quantitative estimate of drug-likeness (QED) is 0.395. The zero-order valence-electron chi connectivity index (χ0n) is 16.5. The molecule has 148 valence electrons. The molecular weight excluding hydrogens is 479 g/mol. The average molecular weight is 500 g/mol. The number of amides is 1. The van der Waals surface area contributed by atoms with Crippen LogP contribution >= 0.6 is 22.6 Å². The predicted molar refractivity (Wildman–Crippen MR) is 120 cm³/mol. The number of rotatable bonds is 5. The van der Waals surface area contributed by atoms with Crippen molar-refractivity contribution < 1.29 is 4.79 Å². The van der Waals surface area contributed by atoms with Crippen LogP contribution in [0.5, 0.6) is 0 Å². The largest absolute Gasteiger partial charge is 0.347 e. The second-order valence-corrected chi connectivity index (χ2v) is 8.32. The molecule has 0 saturated heterocycles. The molecule has 7 nitrogen and oxygen atoms in total. The van der Waals surface area contributed by atoms with Gasteiger partial charge in [0.05, 0.1) is 12.2 Å². The Bertz CT molecular complexity index is 1190. The molecule has 3 heterocycles. The average Bonchev–Trinajstić information content (AvgIpc) is 3.26. The number of hydrogen-bond acceptors (Lipinski definition) is 4. The number of hydrogen-bond donors (Lipinski definition) is 0. The summed E-state index contributed by atoms with van der Waals surface area (Å²) < 4.78 is 4.88. The Morgan fingerprint density at radius 1 is 1.21 bits per heavy atom. The Balaban J connectivity index is 1.61. The number of carbonyl (C=O) groups excluding carboxylic acids is 1. The van der Waals surface area contributed by atoms with Crippen LogP contribution < -0.4 is 0 Å². The molecule has 0 atom stereocenters. The summed E-state index contributed by atoms with van der Waals surface area (Å²) in [6.07, 6.45) is 3.74. The van der Waals surface area contributed by atoms with Gasteiger partial charge in [-0.1, -0.05) is 6.07 Å². The molecule has 0 unspecified atom stereocenters. The molecule has 0 radical (unpaired) electrons. The SMILES string of the molecule is Cc1cccc(Cn2cnc(-c3ccc4c(c3)c(I)cn4CC(=O)N(C)C)n2)n1. The standard InChI is InChI=1S/C21H21IN6O/c1-14-5-4-6-16(24-14)10-28-13-23-21(25-28)15-7-8-19-17(9-15)18(22)11-27(19)12-20(29)26(2)3/h4-9,11,13H,10,12H2,1-3H3. The van der Waals surface area contributed by atoms with E-state index in [-0.39, 0.29) is 5.91 Å². The van der Waals surface area contributed by atoms with E-state index in [1.165, 1.54) is 0 Å². The number of fused-ring (bicyclic) bond motifs is 1. The van der Waals surface area contributed by atoms with E-state index in [4.69, 9.17) is 0 Å². The van der Waals surface area contributed by atoms with E-state index in [0.29, 0.717) is 18.9 Å². The van der Waals surface area contributed by atoms with Crippen LogP contribution in [-0.4, -0.2) is 49.2 Å². The van der Waals surface area contributed by atoms with Gasteiger partial charge in [-0.25, -0.2) is 9.67 Å². The molecule has 4 aromatic rings. The number of pyridine rings is 1. The van der Waals surface area contributed by atoms with Crippen molar-refractivity contribution in [2.45, 2.75) is 20.0 Å².